The van der Waals surface area contributed by atoms with Gasteiger partial charge in [0.05, 0.1) is 6.54 Å². The van der Waals surface area contributed by atoms with Crippen molar-refractivity contribution in [1.29, 1.82) is 0 Å². The standard InChI is InChI=1S/C15H16N2O/c1-2-3-7-16-13-9-12(10-14(18)11-13)15-6-4-5-8-17-15/h4-6,8,11-12,16H,7,9-10H2,1H3. The van der Waals surface area contributed by atoms with E-state index in [1.807, 2.05) is 18.2 Å². The number of carbonyl (C=O) groups is 1. The Morgan fingerprint density at radius 2 is 2.33 bits per heavy atom. The van der Waals surface area contributed by atoms with Crippen LogP contribution in [0.4, 0.5) is 0 Å². The summed E-state index contributed by atoms with van der Waals surface area (Å²) in [5.74, 6) is 6.10. The van der Waals surface area contributed by atoms with Crippen LogP contribution in [0.15, 0.2) is 36.2 Å². The number of nitrogens with one attached hydrogen (secondary N) is 1. The monoisotopic (exact) mass is 240 g/mol. The average Bonchev–Trinajstić information content (AvgIpc) is 2.39. The Balaban J connectivity index is 2.06. The van der Waals surface area contributed by atoms with E-state index in [0.717, 1.165) is 17.8 Å². The molecule has 18 heavy (non-hydrogen) atoms. The number of allylic oxidation sites excluding steroid dienone is 2. The Bertz CT molecular complexity index is 508. The van der Waals surface area contributed by atoms with E-state index in [0.29, 0.717) is 13.0 Å². The number of pyridine rings is 1. The molecular formula is C15H16N2O. The number of nitrogens with zero attached hydrogens (tertiary/aromatic N) is 1. The number of aromatic nitrogens is 1. The van der Waals surface area contributed by atoms with Crippen molar-refractivity contribution < 1.29 is 4.79 Å². The van der Waals surface area contributed by atoms with Gasteiger partial charge in [-0.05, 0) is 25.5 Å². The van der Waals surface area contributed by atoms with Crippen LogP contribution in [0.1, 0.15) is 31.4 Å². The molecule has 1 aromatic heterocycles. The number of hydrogen-bond acceptors (Lipinski definition) is 3. The van der Waals surface area contributed by atoms with Gasteiger partial charge in [-0.2, -0.15) is 0 Å². The molecule has 3 nitrogen and oxygen atoms in total. The van der Waals surface area contributed by atoms with Crippen LogP contribution in [-0.2, 0) is 4.79 Å². The summed E-state index contributed by atoms with van der Waals surface area (Å²) in [4.78, 5) is 16.0. The summed E-state index contributed by atoms with van der Waals surface area (Å²) in [5, 5.41) is 3.19. The zero-order chi connectivity index (χ0) is 12.8. The molecule has 0 amide bonds. The molecule has 3 heteroatoms. The smallest absolute Gasteiger partial charge is 0.158 e. The molecule has 2 rings (SSSR count). The van der Waals surface area contributed by atoms with Crippen molar-refractivity contribution in [2.45, 2.75) is 25.7 Å². The molecule has 0 bridgehead atoms. The van der Waals surface area contributed by atoms with Crippen LogP contribution in [-0.4, -0.2) is 17.3 Å². The molecule has 92 valence electrons. The lowest BCUT2D eigenvalue weighted by atomic mass is 9.88. The van der Waals surface area contributed by atoms with Gasteiger partial charge >= 0.3 is 0 Å². The lowest BCUT2D eigenvalue weighted by molar-refractivity contribution is -0.115. The number of hydrogen-bond donors (Lipinski definition) is 1. The molecular weight excluding hydrogens is 224 g/mol. The number of rotatable bonds is 3. The Morgan fingerprint density at radius 1 is 1.44 bits per heavy atom. The van der Waals surface area contributed by atoms with Gasteiger partial charge in [0.2, 0.25) is 0 Å². The lowest BCUT2D eigenvalue weighted by Crippen LogP contribution is -2.22. The van der Waals surface area contributed by atoms with Crippen molar-refractivity contribution in [3.63, 3.8) is 0 Å². The molecule has 1 aromatic rings. The molecule has 0 radical (unpaired) electrons. The van der Waals surface area contributed by atoms with E-state index in [-0.39, 0.29) is 11.7 Å². The Morgan fingerprint density at radius 3 is 3.06 bits per heavy atom. The maximum Gasteiger partial charge on any atom is 0.158 e. The zero-order valence-electron chi connectivity index (χ0n) is 10.4. The summed E-state index contributed by atoms with van der Waals surface area (Å²) < 4.78 is 0. The highest BCUT2D eigenvalue weighted by atomic mass is 16.1. The van der Waals surface area contributed by atoms with Crippen LogP contribution in [0.25, 0.3) is 0 Å². The first-order valence-corrected chi connectivity index (χ1v) is 6.07. The highest BCUT2D eigenvalue weighted by Gasteiger charge is 2.22. The molecule has 1 unspecified atom stereocenters. The van der Waals surface area contributed by atoms with Gasteiger partial charge in [0.1, 0.15) is 0 Å². The summed E-state index contributed by atoms with van der Waals surface area (Å²) in [6, 6.07) is 5.83. The first-order chi connectivity index (χ1) is 8.79. The van der Waals surface area contributed by atoms with E-state index in [9.17, 15) is 4.79 Å². The Hall–Kier alpha value is -2.08. The van der Waals surface area contributed by atoms with E-state index >= 15 is 0 Å². The molecule has 1 N–H and O–H groups in total. The molecule has 1 atom stereocenters. The minimum atomic E-state index is 0.156. The molecule has 0 saturated carbocycles. The SMILES string of the molecule is CC#CCNC1=CC(=O)CC(c2ccccn2)C1. The van der Waals surface area contributed by atoms with Gasteiger partial charge in [-0.3, -0.25) is 9.78 Å². The van der Waals surface area contributed by atoms with Crippen molar-refractivity contribution >= 4 is 5.78 Å². The van der Waals surface area contributed by atoms with E-state index in [4.69, 9.17) is 0 Å². The Kier molecular flexibility index (Phi) is 4.14. The first-order valence-electron chi connectivity index (χ1n) is 6.07. The number of ketones is 1. The fraction of sp³-hybridized carbons (Fsp3) is 0.333. The van der Waals surface area contributed by atoms with Crippen LogP contribution in [0, 0.1) is 11.8 Å². The molecule has 1 heterocycles. The molecule has 0 spiro atoms. The second-order valence-electron chi connectivity index (χ2n) is 4.28. The predicted molar refractivity (Wildman–Crippen MR) is 70.8 cm³/mol. The summed E-state index contributed by atoms with van der Waals surface area (Å²) >= 11 is 0. The predicted octanol–water partition coefficient (Wildman–Crippen LogP) is 2.02. The van der Waals surface area contributed by atoms with Crippen LogP contribution in [0.2, 0.25) is 0 Å². The zero-order valence-corrected chi connectivity index (χ0v) is 10.4. The fourth-order valence-corrected chi connectivity index (χ4v) is 2.09. The van der Waals surface area contributed by atoms with Gasteiger partial charge in [0.25, 0.3) is 0 Å². The Labute approximate surface area is 107 Å². The van der Waals surface area contributed by atoms with Crippen LogP contribution in [0.3, 0.4) is 0 Å². The van der Waals surface area contributed by atoms with Crippen molar-refractivity contribution in [1.82, 2.24) is 10.3 Å². The van der Waals surface area contributed by atoms with Crippen LogP contribution >= 0.6 is 0 Å². The number of carbonyl (C=O) groups excluding carboxylic acids is 1. The van der Waals surface area contributed by atoms with Crippen molar-refractivity contribution in [2.24, 2.45) is 0 Å². The molecule has 1 aliphatic carbocycles. The second-order valence-corrected chi connectivity index (χ2v) is 4.28. The van der Waals surface area contributed by atoms with E-state index in [1.165, 1.54) is 0 Å². The van der Waals surface area contributed by atoms with Gasteiger partial charge < -0.3 is 5.32 Å². The quantitative estimate of drug-likeness (QED) is 0.822. The summed E-state index contributed by atoms with van der Waals surface area (Å²) in [6.07, 6.45) is 4.83. The van der Waals surface area contributed by atoms with Gasteiger partial charge in [-0.1, -0.05) is 12.0 Å². The third-order valence-electron chi connectivity index (χ3n) is 2.94. The van der Waals surface area contributed by atoms with E-state index in [1.54, 1.807) is 19.2 Å². The minimum Gasteiger partial charge on any atom is -0.377 e. The maximum atomic E-state index is 11.7. The molecule has 1 aliphatic rings. The molecule has 0 aliphatic heterocycles. The lowest BCUT2D eigenvalue weighted by Gasteiger charge is -2.21. The van der Waals surface area contributed by atoms with E-state index < -0.39 is 0 Å². The topological polar surface area (TPSA) is 42.0 Å². The van der Waals surface area contributed by atoms with Gasteiger partial charge in [-0.25, -0.2) is 0 Å². The van der Waals surface area contributed by atoms with Gasteiger partial charge in [0, 0.05) is 36.0 Å². The minimum absolute atomic E-state index is 0.156. The normalized spacial score (nSPS) is 18.6. The average molecular weight is 240 g/mol. The largest absolute Gasteiger partial charge is 0.377 e. The first kappa shape index (κ1) is 12.4. The van der Waals surface area contributed by atoms with Crippen LogP contribution in [0.5, 0.6) is 0 Å². The third-order valence-corrected chi connectivity index (χ3v) is 2.94. The molecule has 0 fully saturated rings. The maximum absolute atomic E-state index is 11.7. The van der Waals surface area contributed by atoms with Crippen LogP contribution < -0.4 is 5.32 Å². The third kappa shape index (κ3) is 3.21. The molecule has 0 aromatic carbocycles. The fourth-order valence-electron chi connectivity index (χ4n) is 2.09. The van der Waals surface area contributed by atoms with Gasteiger partial charge in [-0.15, -0.1) is 5.92 Å². The van der Waals surface area contributed by atoms with E-state index in [2.05, 4.69) is 22.1 Å². The van der Waals surface area contributed by atoms with Crippen molar-refractivity contribution in [3.8, 4) is 11.8 Å². The summed E-state index contributed by atoms with van der Waals surface area (Å²) in [5.41, 5.74) is 1.95. The molecule has 0 saturated heterocycles. The van der Waals surface area contributed by atoms with Gasteiger partial charge in [0.15, 0.2) is 5.78 Å². The second kappa shape index (κ2) is 6.02. The van der Waals surface area contributed by atoms with Crippen molar-refractivity contribution in [3.05, 3.63) is 41.9 Å². The summed E-state index contributed by atoms with van der Waals surface area (Å²) in [7, 11) is 0. The van der Waals surface area contributed by atoms with Crippen molar-refractivity contribution in [2.75, 3.05) is 6.54 Å². The summed E-state index contributed by atoms with van der Waals surface area (Å²) in [6.45, 7) is 2.39. The highest BCUT2D eigenvalue weighted by molar-refractivity contribution is 5.91. The highest BCUT2D eigenvalue weighted by Crippen LogP contribution is 2.28.